The summed E-state index contributed by atoms with van der Waals surface area (Å²) in [6, 6.07) is -0.741. The first kappa shape index (κ1) is 15.1. The molecule has 0 aromatic heterocycles. The summed E-state index contributed by atoms with van der Waals surface area (Å²) < 4.78 is 37.4. The maximum absolute atomic E-state index is 11.9. The van der Waals surface area contributed by atoms with Crippen LogP contribution in [0.25, 0.3) is 0 Å². The van der Waals surface area contributed by atoms with Gasteiger partial charge < -0.3 is 19.3 Å². The van der Waals surface area contributed by atoms with Gasteiger partial charge in [0.15, 0.2) is 0 Å². The quantitative estimate of drug-likeness (QED) is 0.525. The molecule has 0 amide bonds. The number of rotatable bonds is 6. The molecule has 17 heavy (non-hydrogen) atoms. The fourth-order valence-corrected chi connectivity index (χ4v) is 2.22. The third kappa shape index (κ3) is 5.03. The fraction of sp³-hybridized carbons (Fsp3) is 1.00. The van der Waals surface area contributed by atoms with Crippen LogP contribution in [-0.4, -0.2) is 55.2 Å². The standard InChI is InChI=1S/C8H15BFO6P/c1-5(16-17(11,12)13)6-4-7(8(9)15-6)14-3-2-10/h5-8H,2-4H2,1H3,(H2,11,12,13). The lowest BCUT2D eigenvalue weighted by Crippen LogP contribution is -2.25. The SMILES string of the molecule is [B]C1OC(C(C)OP(=O)(O)O)CC1OCCF. The van der Waals surface area contributed by atoms with E-state index < -0.39 is 38.8 Å². The molecule has 2 radical (unpaired) electrons. The highest BCUT2D eigenvalue weighted by molar-refractivity contribution is 7.46. The smallest absolute Gasteiger partial charge is 0.379 e. The molecule has 1 saturated heterocycles. The van der Waals surface area contributed by atoms with Gasteiger partial charge in [-0.15, -0.1) is 0 Å². The molecule has 1 aliphatic heterocycles. The molecular weight excluding hydrogens is 253 g/mol. The monoisotopic (exact) mass is 268 g/mol. The second kappa shape index (κ2) is 6.27. The van der Waals surface area contributed by atoms with Gasteiger partial charge in [0.25, 0.3) is 0 Å². The topological polar surface area (TPSA) is 85.2 Å². The van der Waals surface area contributed by atoms with Crippen LogP contribution in [0.5, 0.6) is 0 Å². The Morgan fingerprint density at radius 2 is 2.29 bits per heavy atom. The maximum Gasteiger partial charge on any atom is 0.469 e. The Balaban J connectivity index is 2.44. The Morgan fingerprint density at radius 3 is 2.82 bits per heavy atom. The number of alkyl halides is 1. The zero-order valence-electron chi connectivity index (χ0n) is 9.36. The molecule has 0 aromatic rings. The van der Waals surface area contributed by atoms with Crippen LogP contribution in [-0.2, 0) is 18.6 Å². The van der Waals surface area contributed by atoms with E-state index in [2.05, 4.69) is 4.52 Å². The van der Waals surface area contributed by atoms with Crippen LogP contribution < -0.4 is 0 Å². The lowest BCUT2D eigenvalue weighted by molar-refractivity contribution is -0.0168. The molecule has 4 atom stereocenters. The molecular formula is C8H15BFO6P. The van der Waals surface area contributed by atoms with Crippen molar-refractivity contribution in [3.05, 3.63) is 0 Å². The number of phosphoric ester groups is 1. The summed E-state index contributed by atoms with van der Waals surface area (Å²) in [5.74, 6) is 0. The molecule has 4 unspecified atom stereocenters. The van der Waals surface area contributed by atoms with E-state index in [1.807, 2.05) is 0 Å². The third-order valence-corrected chi connectivity index (χ3v) is 3.01. The molecule has 1 heterocycles. The largest absolute Gasteiger partial charge is 0.469 e. The highest BCUT2D eigenvalue weighted by atomic mass is 31.2. The summed E-state index contributed by atoms with van der Waals surface area (Å²) in [7, 11) is 1.04. The molecule has 1 aliphatic rings. The lowest BCUT2D eigenvalue weighted by Gasteiger charge is -2.19. The fourth-order valence-electron chi connectivity index (χ4n) is 1.65. The van der Waals surface area contributed by atoms with Gasteiger partial charge in [0.1, 0.15) is 14.5 Å². The van der Waals surface area contributed by atoms with E-state index in [-0.39, 0.29) is 6.61 Å². The average Bonchev–Trinajstić information content (AvgIpc) is 2.54. The number of hydrogen-bond donors (Lipinski definition) is 2. The predicted octanol–water partition coefficient (Wildman–Crippen LogP) is 0.122. The van der Waals surface area contributed by atoms with Gasteiger partial charge in [-0.2, -0.15) is 0 Å². The van der Waals surface area contributed by atoms with Gasteiger partial charge in [0.2, 0.25) is 0 Å². The van der Waals surface area contributed by atoms with Crippen molar-refractivity contribution >= 4 is 15.7 Å². The minimum atomic E-state index is -4.56. The van der Waals surface area contributed by atoms with Crippen LogP contribution in [0.3, 0.4) is 0 Å². The molecule has 0 bridgehead atoms. The average molecular weight is 268 g/mol. The molecule has 6 nitrogen and oxygen atoms in total. The Morgan fingerprint density at radius 1 is 1.65 bits per heavy atom. The zero-order chi connectivity index (χ0) is 13.1. The van der Waals surface area contributed by atoms with Crippen molar-refractivity contribution in [3.8, 4) is 0 Å². The highest BCUT2D eigenvalue weighted by Crippen LogP contribution is 2.40. The van der Waals surface area contributed by atoms with Crippen LogP contribution in [0.4, 0.5) is 4.39 Å². The molecule has 0 aromatic carbocycles. The summed E-state index contributed by atoms with van der Waals surface area (Å²) in [5.41, 5.74) is 0. The second-order valence-electron chi connectivity index (χ2n) is 3.77. The van der Waals surface area contributed by atoms with E-state index in [0.717, 1.165) is 0 Å². The van der Waals surface area contributed by atoms with Gasteiger partial charge >= 0.3 is 7.82 Å². The zero-order valence-corrected chi connectivity index (χ0v) is 10.3. The Labute approximate surface area is 100 Å². The van der Waals surface area contributed by atoms with Crippen LogP contribution in [0.2, 0.25) is 0 Å². The Kier molecular flexibility index (Phi) is 5.56. The highest BCUT2D eigenvalue weighted by Gasteiger charge is 2.37. The molecule has 1 fully saturated rings. The summed E-state index contributed by atoms with van der Waals surface area (Å²) in [4.78, 5) is 17.3. The summed E-state index contributed by atoms with van der Waals surface area (Å²) >= 11 is 0. The van der Waals surface area contributed by atoms with E-state index in [1.165, 1.54) is 6.92 Å². The van der Waals surface area contributed by atoms with Gasteiger partial charge in [0, 0.05) is 12.4 Å². The van der Waals surface area contributed by atoms with Crippen LogP contribution >= 0.6 is 7.82 Å². The van der Waals surface area contributed by atoms with Crippen molar-refractivity contribution in [2.75, 3.05) is 13.3 Å². The molecule has 98 valence electrons. The van der Waals surface area contributed by atoms with E-state index >= 15 is 0 Å². The third-order valence-electron chi connectivity index (χ3n) is 2.40. The number of phosphoric acid groups is 1. The first-order valence-corrected chi connectivity index (χ1v) is 6.69. The van der Waals surface area contributed by atoms with Crippen LogP contribution in [0, 0.1) is 0 Å². The lowest BCUT2D eigenvalue weighted by atomic mass is 9.94. The Bertz CT molecular complexity index is 287. The number of ether oxygens (including phenoxy) is 2. The Hall–Kier alpha value is 0.0249. The minimum Gasteiger partial charge on any atom is -0.379 e. The first-order valence-electron chi connectivity index (χ1n) is 5.16. The van der Waals surface area contributed by atoms with E-state index in [0.29, 0.717) is 6.42 Å². The molecule has 9 heteroatoms. The van der Waals surface area contributed by atoms with Crippen molar-refractivity contribution in [2.24, 2.45) is 0 Å². The predicted molar refractivity (Wildman–Crippen MR) is 57.3 cm³/mol. The summed E-state index contributed by atoms with van der Waals surface area (Å²) in [6.45, 7) is 0.763. The van der Waals surface area contributed by atoms with E-state index in [9.17, 15) is 8.96 Å². The molecule has 0 saturated carbocycles. The van der Waals surface area contributed by atoms with Crippen molar-refractivity contribution < 1.29 is 32.7 Å². The van der Waals surface area contributed by atoms with Crippen LogP contribution in [0.15, 0.2) is 0 Å². The van der Waals surface area contributed by atoms with Crippen molar-refractivity contribution in [2.45, 2.75) is 37.7 Å². The number of hydrogen-bond acceptors (Lipinski definition) is 4. The molecule has 0 spiro atoms. The normalized spacial score (nSPS) is 31.6. The van der Waals surface area contributed by atoms with E-state index in [1.54, 1.807) is 0 Å². The second-order valence-corrected chi connectivity index (χ2v) is 4.97. The maximum atomic E-state index is 11.9. The van der Waals surface area contributed by atoms with Crippen molar-refractivity contribution in [1.29, 1.82) is 0 Å². The summed E-state index contributed by atoms with van der Waals surface area (Å²) in [5, 5.41) is 0. The number of halogens is 1. The van der Waals surface area contributed by atoms with Crippen molar-refractivity contribution in [3.63, 3.8) is 0 Å². The first-order chi connectivity index (χ1) is 7.83. The van der Waals surface area contributed by atoms with E-state index in [4.69, 9.17) is 27.1 Å². The minimum absolute atomic E-state index is 0.0812. The van der Waals surface area contributed by atoms with Crippen molar-refractivity contribution in [1.82, 2.24) is 0 Å². The summed E-state index contributed by atoms with van der Waals surface area (Å²) in [6.07, 6.45) is -1.58. The van der Waals surface area contributed by atoms with Crippen LogP contribution in [0.1, 0.15) is 13.3 Å². The molecule has 1 rings (SSSR count). The van der Waals surface area contributed by atoms with Gasteiger partial charge in [0.05, 0.1) is 24.9 Å². The molecule has 0 aliphatic carbocycles. The van der Waals surface area contributed by atoms with Gasteiger partial charge in [-0.1, -0.05) is 0 Å². The van der Waals surface area contributed by atoms with Gasteiger partial charge in [-0.25, -0.2) is 8.96 Å². The van der Waals surface area contributed by atoms with Gasteiger partial charge in [-0.3, -0.25) is 4.52 Å². The molecule has 2 N–H and O–H groups in total. The van der Waals surface area contributed by atoms with Gasteiger partial charge in [-0.05, 0) is 6.92 Å².